The molecule has 0 aromatic heterocycles. The van der Waals surface area contributed by atoms with Gasteiger partial charge >= 0.3 is 6.09 Å². The Labute approximate surface area is 222 Å². The Morgan fingerprint density at radius 1 is 1.11 bits per heavy atom. The highest BCUT2D eigenvalue weighted by molar-refractivity contribution is 6.30. The first-order valence-electron chi connectivity index (χ1n) is 13.2. The first kappa shape index (κ1) is 27.6. The number of hydrogen-bond acceptors (Lipinski definition) is 4. The molecule has 8 nitrogen and oxygen atoms in total. The molecule has 3 amide bonds. The largest absolute Gasteiger partial charge is 0.465 e. The molecule has 4 rings (SSSR count). The quantitative estimate of drug-likeness (QED) is 0.607. The normalized spacial score (nSPS) is 26.2. The van der Waals surface area contributed by atoms with Crippen molar-refractivity contribution < 1.29 is 28.6 Å². The molecule has 1 aromatic rings. The number of halogens is 2. The monoisotopic (exact) mass is 537 g/mol. The maximum Gasteiger partial charge on any atom is 0.407 e. The van der Waals surface area contributed by atoms with Crippen molar-refractivity contribution in [3.63, 3.8) is 0 Å². The highest BCUT2D eigenvalue weighted by Crippen LogP contribution is 2.35. The Kier molecular flexibility index (Phi) is 8.33. The Morgan fingerprint density at radius 2 is 1.78 bits per heavy atom. The number of piperidine rings is 1. The number of hydrogen-bond donors (Lipinski definition) is 1. The fraction of sp³-hybridized carbons (Fsp3) is 0.667. The molecule has 204 valence electrons. The minimum atomic E-state index is -1.07. The molecule has 0 spiro atoms. The van der Waals surface area contributed by atoms with Crippen LogP contribution in [0.15, 0.2) is 18.2 Å². The van der Waals surface area contributed by atoms with Crippen molar-refractivity contribution in [2.75, 3.05) is 39.3 Å². The molecule has 3 atom stereocenters. The summed E-state index contributed by atoms with van der Waals surface area (Å²) in [6, 6.07) is 4.03. The standard InChI is InChI=1S/C27H37ClFN3O5/c1-4-32(26(35)36)23-16-31(15-20(23)18-5-6-21(28)22(29)13-18)24(33)17-7-10-30(11-8-17)25(34)19-9-12-37-27(2,3)14-19/h5-6,13,17,19-20,23H,4,7-12,14-16H2,1-3H3,(H,35,36)/t19?,20-,23+/m0/s1. The Balaban J connectivity index is 1.42. The van der Waals surface area contributed by atoms with E-state index in [1.54, 1.807) is 17.9 Å². The van der Waals surface area contributed by atoms with Gasteiger partial charge in [0.1, 0.15) is 5.82 Å². The highest BCUT2D eigenvalue weighted by atomic mass is 35.5. The van der Waals surface area contributed by atoms with Crippen molar-refractivity contribution in [1.82, 2.24) is 14.7 Å². The molecule has 1 unspecified atom stereocenters. The Morgan fingerprint density at radius 3 is 2.38 bits per heavy atom. The molecule has 3 aliphatic rings. The first-order valence-corrected chi connectivity index (χ1v) is 13.5. The lowest BCUT2D eigenvalue weighted by molar-refractivity contribution is -0.148. The molecule has 10 heteroatoms. The van der Waals surface area contributed by atoms with Crippen molar-refractivity contribution in [1.29, 1.82) is 0 Å². The average molecular weight is 538 g/mol. The second-order valence-electron chi connectivity index (χ2n) is 11.1. The molecule has 3 aliphatic heterocycles. The zero-order chi connectivity index (χ0) is 26.9. The lowest BCUT2D eigenvalue weighted by atomic mass is 9.86. The number of carbonyl (C=O) groups is 3. The van der Waals surface area contributed by atoms with Gasteiger partial charge in [-0.15, -0.1) is 0 Å². The van der Waals surface area contributed by atoms with Gasteiger partial charge in [-0.05, 0) is 64.2 Å². The molecular weight excluding hydrogens is 501 g/mol. The number of rotatable bonds is 5. The highest BCUT2D eigenvalue weighted by Gasteiger charge is 2.43. The van der Waals surface area contributed by atoms with Gasteiger partial charge < -0.3 is 24.5 Å². The van der Waals surface area contributed by atoms with Crippen LogP contribution in [-0.4, -0.2) is 88.7 Å². The van der Waals surface area contributed by atoms with E-state index in [0.29, 0.717) is 51.1 Å². The molecule has 0 bridgehead atoms. The SMILES string of the molecule is CCN(C(=O)O)[C@@H]1CN(C(=O)C2CCN(C(=O)C3CCOC(C)(C)C3)CC2)C[C@H]1c1ccc(Cl)c(F)c1. The molecule has 3 saturated heterocycles. The maximum absolute atomic E-state index is 14.2. The van der Waals surface area contributed by atoms with Crippen molar-refractivity contribution >= 4 is 29.5 Å². The van der Waals surface area contributed by atoms with E-state index < -0.39 is 18.0 Å². The smallest absolute Gasteiger partial charge is 0.407 e. The second-order valence-corrected chi connectivity index (χ2v) is 11.5. The average Bonchev–Trinajstić information content (AvgIpc) is 3.29. The van der Waals surface area contributed by atoms with Gasteiger partial charge in [0, 0.05) is 57.1 Å². The molecule has 37 heavy (non-hydrogen) atoms. The molecule has 1 aromatic carbocycles. The van der Waals surface area contributed by atoms with Gasteiger partial charge in [-0.1, -0.05) is 17.7 Å². The van der Waals surface area contributed by atoms with Gasteiger partial charge in [-0.25, -0.2) is 9.18 Å². The van der Waals surface area contributed by atoms with Crippen LogP contribution in [0.25, 0.3) is 0 Å². The summed E-state index contributed by atoms with van der Waals surface area (Å²) in [6.07, 6.45) is 1.51. The number of likely N-dealkylation sites (tertiary alicyclic amines) is 2. The molecule has 1 N–H and O–H groups in total. The summed E-state index contributed by atoms with van der Waals surface area (Å²) in [5, 5.41) is 9.78. The Hall–Kier alpha value is -2.39. The van der Waals surface area contributed by atoms with Crippen molar-refractivity contribution in [2.24, 2.45) is 11.8 Å². The summed E-state index contributed by atoms with van der Waals surface area (Å²) in [6.45, 7) is 8.25. The predicted octanol–water partition coefficient (Wildman–Crippen LogP) is 4.22. The number of nitrogens with zero attached hydrogens (tertiary/aromatic N) is 3. The molecule has 3 fully saturated rings. The summed E-state index contributed by atoms with van der Waals surface area (Å²) in [7, 11) is 0. The van der Waals surface area contributed by atoms with Crippen LogP contribution in [0, 0.1) is 17.7 Å². The maximum atomic E-state index is 14.2. The van der Waals surface area contributed by atoms with E-state index in [4.69, 9.17) is 16.3 Å². The molecule has 0 saturated carbocycles. The lowest BCUT2D eigenvalue weighted by Crippen LogP contribution is -2.48. The van der Waals surface area contributed by atoms with Gasteiger partial charge in [0.2, 0.25) is 11.8 Å². The van der Waals surface area contributed by atoms with E-state index in [2.05, 4.69) is 0 Å². The third kappa shape index (κ3) is 6.03. The molecule has 0 aliphatic carbocycles. The third-order valence-electron chi connectivity index (χ3n) is 8.16. The van der Waals surface area contributed by atoms with Crippen molar-refractivity contribution in [3.05, 3.63) is 34.6 Å². The number of likely N-dealkylation sites (N-methyl/N-ethyl adjacent to an activating group) is 1. The van der Waals surface area contributed by atoms with E-state index >= 15 is 0 Å². The second kappa shape index (κ2) is 11.2. The number of carbonyl (C=O) groups excluding carboxylic acids is 2. The summed E-state index contributed by atoms with van der Waals surface area (Å²) in [5.41, 5.74) is 0.326. The van der Waals surface area contributed by atoms with Crippen LogP contribution in [0.5, 0.6) is 0 Å². The number of ether oxygens (including phenoxy) is 1. The minimum absolute atomic E-state index is 0.00225. The van der Waals surface area contributed by atoms with Crippen molar-refractivity contribution in [2.45, 2.75) is 64.0 Å². The van der Waals surface area contributed by atoms with Crippen LogP contribution in [0.4, 0.5) is 9.18 Å². The fourth-order valence-electron chi connectivity index (χ4n) is 6.17. The van der Waals surface area contributed by atoms with E-state index in [1.807, 2.05) is 18.7 Å². The third-order valence-corrected chi connectivity index (χ3v) is 8.47. The molecule has 0 radical (unpaired) electrons. The summed E-state index contributed by atoms with van der Waals surface area (Å²) in [5.74, 6) is -1.07. The van der Waals surface area contributed by atoms with E-state index in [0.717, 1.165) is 6.42 Å². The zero-order valence-electron chi connectivity index (χ0n) is 21.8. The van der Waals surface area contributed by atoms with Gasteiger partial charge in [0.05, 0.1) is 16.7 Å². The lowest BCUT2D eigenvalue weighted by Gasteiger charge is -2.39. The van der Waals surface area contributed by atoms with Gasteiger partial charge in [-0.3, -0.25) is 9.59 Å². The number of carboxylic acid groups (broad SMARTS) is 1. The minimum Gasteiger partial charge on any atom is -0.465 e. The number of amides is 3. The molecule has 3 heterocycles. The summed E-state index contributed by atoms with van der Waals surface area (Å²) < 4.78 is 20.0. The van der Waals surface area contributed by atoms with Crippen LogP contribution in [0.2, 0.25) is 5.02 Å². The van der Waals surface area contributed by atoms with E-state index in [-0.39, 0.29) is 53.3 Å². The zero-order valence-corrected chi connectivity index (χ0v) is 22.5. The topological polar surface area (TPSA) is 90.4 Å². The van der Waals surface area contributed by atoms with E-state index in [1.165, 1.54) is 17.0 Å². The first-order chi connectivity index (χ1) is 17.5. The van der Waals surface area contributed by atoms with Crippen molar-refractivity contribution in [3.8, 4) is 0 Å². The molecular formula is C27H37ClFN3O5. The summed E-state index contributed by atoms with van der Waals surface area (Å²) in [4.78, 5) is 43.5. The van der Waals surface area contributed by atoms with Gasteiger partial charge in [0.25, 0.3) is 0 Å². The van der Waals surface area contributed by atoms with Crippen LogP contribution >= 0.6 is 11.6 Å². The van der Waals surface area contributed by atoms with E-state index in [9.17, 15) is 23.9 Å². The Bertz CT molecular complexity index is 1030. The van der Waals surface area contributed by atoms with Gasteiger partial charge in [0.15, 0.2) is 0 Å². The van der Waals surface area contributed by atoms with Crippen LogP contribution in [0.1, 0.15) is 57.9 Å². The fourth-order valence-corrected chi connectivity index (χ4v) is 6.29. The summed E-state index contributed by atoms with van der Waals surface area (Å²) >= 11 is 5.86. The number of benzene rings is 1. The predicted molar refractivity (Wildman–Crippen MR) is 137 cm³/mol. The van der Waals surface area contributed by atoms with Crippen LogP contribution in [-0.2, 0) is 14.3 Å². The van der Waals surface area contributed by atoms with Crippen LogP contribution in [0.3, 0.4) is 0 Å². The van der Waals surface area contributed by atoms with Crippen LogP contribution < -0.4 is 0 Å². The van der Waals surface area contributed by atoms with Gasteiger partial charge in [-0.2, -0.15) is 0 Å².